The van der Waals surface area contributed by atoms with Crippen LogP contribution in [0.25, 0.3) is 0 Å². The first-order valence-electron chi connectivity index (χ1n) is 6.36. The van der Waals surface area contributed by atoms with Gasteiger partial charge < -0.3 is 5.73 Å². The van der Waals surface area contributed by atoms with Crippen LogP contribution in [0.4, 0.5) is 0 Å². The molecule has 0 aliphatic rings. The third-order valence-corrected chi connectivity index (χ3v) is 4.94. The molecule has 2 rings (SSSR count). The summed E-state index contributed by atoms with van der Waals surface area (Å²) >= 11 is 15.7. The first-order chi connectivity index (χ1) is 9.43. The molecule has 0 bridgehead atoms. The third kappa shape index (κ3) is 3.19. The SMILES string of the molecule is CCn1nc(C)c(Cl)c1CC(N)c1ccc(Cl)c(Br)c1. The maximum absolute atomic E-state index is 6.31. The Labute approximate surface area is 137 Å². The monoisotopic (exact) mass is 375 g/mol. The number of rotatable bonds is 4. The van der Waals surface area contributed by atoms with Crippen LogP contribution in [0.2, 0.25) is 10.0 Å². The van der Waals surface area contributed by atoms with E-state index in [0.29, 0.717) is 16.5 Å². The smallest absolute Gasteiger partial charge is 0.0847 e. The molecule has 1 heterocycles. The van der Waals surface area contributed by atoms with E-state index in [-0.39, 0.29) is 6.04 Å². The third-order valence-electron chi connectivity index (χ3n) is 3.24. The van der Waals surface area contributed by atoms with Gasteiger partial charge in [-0.25, -0.2) is 0 Å². The van der Waals surface area contributed by atoms with Crippen LogP contribution in [0.3, 0.4) is 0 Å². The van der Waals surface area contributed by atoms with Crippen LogP contribution in [0.15, 0.2) is 22.7 Å². The van der Waals surface area contributed by atoms with Crippen molar-refractivity contribution in [1.29, 1.82) is 0 Å². The second kappa shape index (κ2) is 6.48. The summed E-state index contributed by atoms with van der Waals surface area (Å²) in [5.74, 6) is 0. The van der Waals surface area contributed by atoms with Gasteiger partial charge in [-0.2, -0.15) is 5.10 Å². The van der Waals surface area contributed by atoms with E-state index in [2.05, 4.69) is 21.0 Å². The predicted molar refractivity (Wildman–Crippen MR) is 87.4 cm³/mol. The normalized spacial score (nSPS) is 12.7. The molecule has 0 fully saturated rings. The summed E-state index contributed by atoms with van der Waals surface area (Å²) in [5, 5.41) is 5.78. The van der Waals surface area contributed by atoms with Crippen molar-refractivity contribution in [3.63, 3.8) is 0 Å². The molecule has 2 aromatic rings. The number of aromatic nitrogens is 2. The van der Waals surface area contributed by atoms with Gasteiger partial charge >= 0.3 is 0 Å². The Bertz CT molecular complexity index is 625. The minimum absolute atomic E-state index is 0.150. The van der Waals surface area contributed by atoms with E-state index < -0.39 is 0 Å². The first kappa shape index (κ1) is 15.8. The average Bonchev–Trinajstić information content (AvgIpc) is 2.69. The molecule has 1 atom stereocenters. The van der Waals surface area contributed by atoms with Crippen molar-refractivity contribution in [2.24, 2.45) is 5.73 Å². The van der Waals surface area contributed by atoms with E-state index in [4.69, 9.17) is 28.9 Å². The zero-order chi connectivity index (χ0) is 14.9. The summed E-state index contributed by atoms with van der Waals surface area (Å²) in [7, 11) is 0. The minimum Gasteiger partial charge on any atom is -0.324 e. The van der Waals surface area contributed by atoms with Crippen molar-refractivity contribution in [3.05, 3.63) is 49.7 Å². The zero-order valence-corrected chi connectivity index (χ0v) is 14.4. The van der Waals surface area contributed by atoms with Gasteiger partial charge in [0, 0.05) is 23.5 Å². The number of hydrogen-bond donors (Lipinski definition) is 1. The number of benzene rings is 1. The van der Waals surface area contributed by atoms with Crippen LogP contribution in [0.1, 0.15) is 29.9 Å². The van der Waals surface area contributed by atoms with Gasteiger partial charge in [-0.1, -0.05) is 29.3 Å². The number of hydrogen-bond acceptors (Lipinski definition) is 2. The Balaban J connectivity index is 2.27. The zero-order valence-electron chi connectivity index (χ0n) is 11.3. The highest BCUT2D eigenvalue weighted by molar-refractivity contribution is 9.10. The molecule has 0 saturated carbocycles. The molecule has 3 nitrogen and oxygen atoms in total. The molecule has 0 radical (unpaired) electrons. The molecular weight excluding hydrogens is 361 g/mol. The minimum atomic E-state index is -0.150. The van der Waals surface area contributed by atoms with Crippen LogP contribution >= 0.6 is 39.1 Å². The van der Waals surface area contributed by atoms with Crippen molar-refractivity contribution in [2.45, 2.75) is 32.9 Å². The molecule has 0 spiro atoms. The van der Waals surface area contributed by atoms with Crippen LogP contribution in [-0.4, -0.2) is 9.78 Å². The van der Waals surface area contributed by atoms with E-state index in [1.807, 2.05) is 36.7 Å². The lowest BCUT2D eigenvalue weighted by Gasteiger charge is -2.14. The lowest BCUT2D eigenvalue weighted by molar-refractivity contribution is 0.587. The largest absolute Gasteiger partial charge is 0.324 e. The van der Waals surface area contributed by atoms with Crippen molar-refractivity contribution >= 4 is 39.1 Å². The highest BCUT2D eigenvalue weighted by Gasteiger charge is 2.17. The van der Waals surface area contributed by atoms with E-state index in [1.165, 1.54) is 0 Å². The maximum atomic E-state index is 6.31. The summed E-state index contributed by atoms with van der Waals surface area (Å²) in [4.78, 5) is 0. The van der Waals surface area contributed by atoms with Crippen molar-refractivity contribution in [3.8, 4) is 0 Å². The van der Waals surface area contributed by atoms with E-state index in [1.54, 1.807) is 0 Å². The fourth-order valence-corrected chi connectivity index (χ4v) is 2.86. The maximum Gasteiger partial charge on any atom is 0.0847 e. The molecule has 0 amide bonds. The van der Waals surface area contributed by atoms with E-state index in [0.717, 1.165) is 28.0 Å². The van der Waals surface area contributed by atoms with Gasteiger partial charge in [0.2, 0.25) is 0 Å². The molecule has 2 N–H and O–H groups in total. The Morgan fingerprint density at radius 1 is 1.40 bits per heavy atom. The summed E-state index contributed by atoms with van der Waals surface area (Å²) < 4.78 is 2.75. The molecular formula is C14H16BrCl2N3. The lowest BCUT2D eigenvalue weighted by Crippen LogP contribution is -2.16. The predicted octanol–water partition coefficient (Wildman–Crippen LogP) is 4.52. The molecule has 6 heteroatoms. The van der Waals surface area contributed by atoms with Crippen molar-refractivity contribution < 1.29 is 0 Å². The molecule has 1 aromatic carbocycles. The van der Waals surface area contributed by atoms with Gasteiger partial charge in [-0.15, -0.1) is 0 Å². The van der Waals surface area contributed by atoms with E-state index in [9.17, 15) is 0 Å². The topological polar surface area (TPSA) is 43.8 Å². The molecule has 0 saturated heterocycles. The van der Waals surface area contributed by atoms with Crippen molar-refractivity contribution in [2.75, 3.05) is 0 Å². The quantitative estimate of drug-likeness (QED) is 0.852. The summed E-state index contributed by atoms with van der Waals surface area (Å²) in [6.07, 6.45) is 0.640. The summed E-state index contributed by atoms with van der Waals surface area (Å²) in [6.45, 7) is 4.72. The number of halogens is 3. The van der Waals surface area contributed by atoms with E-state index >= 15 is 0 Å². The highest BCUT2D eigenvalue weighted by atomic mass is 79.9. The Kier molecular flexibility index (Phi) is 5.13. The Hall–Kier alpha value is -0.550. The lowest BCUT2D eigenvalue weighted by atomic mass is 10.0. The Morgan fingerprint density at radius 3 is 2.70 bits per heavy atom. The fourth-order valence-electron chi connectivity index (χ4n) is 2.13. The molecule has 1 unspecified atom stereocenters. The fraction of sp³-hybridized carbons (Fsp3) is 0.357. The highest BCUT2D eigenvalue weighted by Crippen LogP contribution is 2.29. The molecule has 108 valence electrons. The second-order valence-corrected chi connectivity index (χ2v) is 6.29. The van der Waals surface area contributed by atoms with Crippen LogP contribution in [0, 0.1) is 6.92 Å². The second-order valence-electron chi connectivity index (χ2n) is 4.65. The Morgan fingerprint density at radius 2 is 2.10 bits per heavy atom. The van der Waals surface area contributed by atoms with Gasteiger partial charge in [0.1, 0.15) is 0 Å². The number of aryl methyl sites for hydroxylation is 2. The average molecular weight is 377 g/mol. The summed E-state index contributed by atoms with van der Waals surface area (Å²) in [6, 6.07) is 5.57. The molecule has 0 aliphatic carbocycles. The van der Waals surface area contributed by atoms with Gasteiger partial charge in [0.25, 0.3) is 0 Å². The van der Waals surface area contributed by atoms with Crippen molar-refractivity contribution in [1.82, 2.24) is 9.78 Å². The van der Waals surface area contributed by atoms with Gasteiger partial charge in [-0.05, 0) is 47.5 Å². The van der Waals surface area contributed by atoms with Crippen LogP contribution in [-0.2, 0) is 13.0 Å². The first-order valence-corrected chi connectivity index (χ1v) is 7.91. The van der Waals surface area contributed by atoms with Gasteiger partial charge in [0.15, 0.2) is 0 Å². The molecule has 0 aliphatic heterocycles. The summed E-state index contributed by atoms with van der Waals surface area (Å²) in [5.41, 5.74) is 9.11. The van der Waals surface area contributed by atoms with Crippen LogP contribution < -0.4 is 5.73 Å². The number of nitrogens with two attached hydrogens (primary N) is 1. The molecule has 20 heavy (non-hydrogen) atoms. The van der Waals surface area contributed by atoms with Gasteiger partial charge in [0.05, 0.1) is 21.4 Å². The number of nitrogens with zero attached hydrogens (tertiary/aromatic N) is 2. The van der Waals surface area contributed by atoms with Crippen LogP contribution in [0.5, 0.6) is 0 Å². The van der Waals surface area contributed by atoms with Gasteiger partial charge in [-0.3, -0.25) is 4.68 Å². The molecule has 1 aromatic heterocycles. The standard InChI is InChI=1S/C14H16BrCl2N3/c1-3-20-13(14(17)8(2)19-20)7-12(18)9-4-5-11(16)10(15)6-9/h4-6,12H,3,7,18H2,1-2H3.